The molecule has 0 N–H and O–H groups in total. The van der Waals surface area contributed by atoms with E-state index in [1.165, 1.54) is 0 Å². The summed E-state index contributed by atoms with van der Waals surface area (Å²) in [6.45, 7) is 6.31. The van der Waals surface area contributed by atoms with Gasteiger partial charge in [0.05, 0.1) is 5.71 Å². The largest absolute Gasteiger partial charge is 0.265 e. The maximum absolute atomic E-state index is 4.56. The number of thioether (sulfide) groups is 1. The van der Waals surface area contributed by atoms with Crippen LogP contribution in [0.15, 0.2) is 34.8 Å². The minimum Gasteiger partial charge on any atom is -0.265 e. The molecule has 5 nitrogen and oxygen atoms in total. The van der Waals surface area contributed by atoms with Gasteiger partial charge in [-0.2, -0.15) is 5.10 Å². The van der Waals surface area contributed by atoms with Gasteiger partial charge in [0.15, 0.2) is 5.82 Å². The summed E-state index contributed by atoms with van der Waals surface area (Å²) in [4.78, 5) is 10.2. The molecule has 0 saturated carbocycles. The third-order valence-electron chi connectivity index (χ3n) is 2.80. The van der Waals surface area contributed by atoms with Gasteiger partial charge in [0.2, 0.25) is 5.16 Å². The molecule has 1 aliphatic rings. The number of hydrogen-bond donors (Lipinski definition) is 0. The Hall–Kier alpha value is -1.69. The van der Waals surface area contributed by atoms with E-state index in [2.05, 4.69) is 40.9 Å². The van der Waals surface area contributed by atoms with Gasteiger partial charge in [-0.25, -0.2) is 4.98 Å². The zero-order valence-electron chi connectivity index (χ0n) is 11.2. The average molecular weight is 273 g/mol. The summed E-state index contributed by atoms with van der Waals surface area (Å²) in [5.74, 6) is 1.64. The van der Waals surface area contributed by atoms with Gasteiger partial charge in [-0.15, -0.1) is 9.89 Å². The summed E-state index contributed by atoms with van der Waals surface area (Å²) in [5.41, 5.74) is 2.03. The Morgan fingerprint density at radius 3 is 2.63 bits per heavy atom. The van der Waals surface area contributed by atoms with Crippen LogP contribution in [0, 0.1) is 0 Å². The quantitative estimate of drug-likeness (QED) is 0.800. The van der Waals surface area contributed by atoms with Gasteiger partial charge in [-0.1, -0.05) is 32.5 Å². The van der Waals surface area contributed by atoms with Crippen molar-refractivity contribution in [1.82, 2.24) is 19.9 Å². The number of aromatic nitrogens is 4. The standard InChI is InChI=1S/C13H15N5S/c1-13(2,3)11-15-12-18(17-11)16-10(8-19-12)9-4-6-14-7-5-9/h4-7H,8H2,1-3H3. The van der Waals surface area contributed by atoms with Crippen LogP contribution in [0.4, 0.5) is 0 Å². The summed E-state index contributed by atoms with van der Waals surface area (Å²) >= 11 is 1.67. The molecule has 3 heterocycles. The van der Waals surface area contributed by atoms with Crippen molar-refractivity contribution in [3.05, 3.63) is 35.9 Å². The first-order chi connectivity index (χ1) is 9.04. The second-order valence-corrected chi connectivity index (χ2v) is 6.37. The zero-order chi connectivity index (χ0) is 13.5. The molecule has 6 heteroatoms. The molecule has 1 aliphatic heterocycles. The van der Waals surface area contributed by atoms with E-state index in [-0.39, 0.29) is 5.41 Å². The molecule has 3 rings (SSSR count). The number of nitrogens with zero attached hydrogens (tertiary/aromatic N) is 5. The molecule has 98 valence electrons. The molecule has 0 aromatic carbocycles. The highest BCUT2D eigenvalue weighted by Gasteiger charge is 2.24. The number of fused-ring (bicyclic) bond motifs is 1. The molecular weight excluding hydrogens is 258 g/mol. The number of rotatable bonds is 1. The van der Waals surface area contributed by atoms with Crippen LogP contribution in [0.1, 0.15) is 32.2 Å². The van der Waals surface area contributed by atoms with Gasteiger partial charge >= 0.3 is 0 Å². The highest BCUT2D eigenvalue weighted by atomic mass is 32.2. The van der Waals surface area contributed by atoms with E-state index in [1.54, 1.807) is 28.9 Å². The van der Waals surface area contributed by atoms with Crippen molar-refractivity contribution in [2.45, 2.75) is 31.3 Å². The number of hydrogen-bond acceptors (Lipinski definition) is 5. The van der Waals surface area contributed by atoms with Gasteiger partial charge in [-0.05, 0) is 12.1 Å². The molecule has 0 saturated heterocycles. The Labute approximate surface area is 116 Å². The third-order valence-corrected chi connectivity index (χ3v) is 3.73. The Morgan fingerprint density at radius 2 is 1.95 bits per heavy atom. The van der Waals surface area contributed by atoms with E-state index in [9.17, 15) is 0 Å². The first-order valence-corrected chi connectivity index (χ1v) is 7.11. The van der Waals surface area contributed by atoms with Crippen LogP contribution in [-0.2, 0) is 5.41 Å². The summed E-state index contributed by atoms with van der Waals surface area (Å²) in [5, 5.41) is 9.90. The maximum atomic E-state index is 4.56. The van der Waals surface area contributed by atoms with Gasteiger partial charge in [0, 0.05) is 29.1 Å². The van der Waals surface area contributed by atoms with Crippen LogP contribution in [0.5, 0.6) is 0 Å². The van der Waals surface area contributed by atoms with E-state index in [1.807, 2.05) is 12.1 Å². The van der Waals surface area contributed by atoms with Crippen molar-refractivity contribution in [2.24, 2.45) is 5.10 Å². The zero-order valence-corrected chi connectivity index (χ0v) is 12.0. The lowest BCUT2D eigenvalue weighted by Gasteiger charge is -2.11. The summed E-state index contributed by atoms with van der Waals surface area (Å²) < 4.78 is 0. The van der Waals surface area contributed by atoms with Crippen molar-refractivity contribution >= 4 is 17.5 Å². The Morgan fingerprint density at radius 1 is 1.21 bits per heavy atom. The molecule has 0 atom stereocenters. The van der Waals surface area contributed by atoms with E-state index >= 15 is 0 Å². The van der Waals surface area contributed by atoms with Crippen molar-refractivity contribution in [3.63, 3.8) is 0 Å². The highest BCUT2D eigenvalue weighted by Crippen LogP contribution is 2.26. The summed E-state index contributed by atoms with van der Waals surface area (Å²) in [7, 11) is 0. The normalized spacial score (nSPS) is 15.0. The number of pyridine rings is 1. The average Bonchev–Trinajstić information content (AvgIpc) is 2.82. The van der Waals surface area contributed by atoms with Crippen molar-refractivity contribution in [1.29, 1.82) is 0 Å². The van der Waals surface area contributed by atoms with Gasteiger partial charge in [-0.3, -0.25) is 4.98 Å². The molecule has 2 aromatic heterocycles. The second kappa shape index (κ2) is 4.45. The third kappa shape index (κ3) is 2.40. The van der Waals surface area contributed by atoms with Gasteiger partial charge < -0.3 is 0 Å². The predicted molar refractivity (Wildman–Crippen MR) is 75.6 cm³/mol. The van der Waals surface area contributed by atoms with Crippen molar-refractivity contribution in [2.75, 3.05) is 5.75 Å². The fraction of sp³-hybridized carbons (Fsp3) is 0.385. The van der Waals surface area contributed by atoms with Crippen LogP contribution in [0.25, 0.3) is 0 Å². The molecule has 2 aromatic rings. The van der Waals surface area contributed by atoms with Crippen LogP contribution >= 0.6 is 11.8 Å². The molecule has 0 bridgehead atoms. The fourth-order valence-corrected chi connectivity index (χ4v) is 2.56. The van der Waals surface area contributed by atoms with E-state index in [0.29, 0.717) is 0 Å². The lowest BCUT2D eigenvalue weighted by Crippen LogP contribution is -2.15. The minimum atomic E-state index is -0.0583. The van der Waals surface area contributed by atoms with E-state index < -0.39 is 0 Å². The van der Waals surface area contributed by atoms with Crippen molar-refractivity contribution in [3.8, 4) is 0 Å². The maximum Gasteiger partial charge on any atom is 0.211 e. The summed E-state index contributed by atoms with van der Waals surface area (Å²) in [6.07, 6.45) is 3.56. The molecule has 0 amide bonds. The van der Waals surface area contributed by atoms with Crippen LogP contribution in [-0.4, -0.2) is 31.3 Å². The predicted octanol–water partition coefficient (Wildman–Crippen LogP) is 2.33. The van der Waals surface area contributed by atoms with Crippen LogP contribution in [0.3, 0.4) is 0 Å². The molecule has 0 spiro atoms. The van der Waals surface area contributed by atoms with Gasteiger partial charge in [0.1, 0.15) is 0 Å². The van der Waals surface area contributed by atoms with Crippen molar-refractivity contribution < 1.29 is 0 Å². The molecule has 19 heavy (non-hydrogen) atoms. The Bertz CT molecular complexity index is 624. The topological polar surface area (TPSA) is 56.0 Å². The van der Waals surface area contributed by atoms with E-state index in [0.717, 1.165) is 28.0 Å². The first-order valence-electron chi connectivity index (χ1n) is 6.12. The molecule has 0 aliphatic carbocycles. The second-order valence-electron chi connectivity index (χ2n) is 5.43. The van der Waals surface area contributed by atoms with E-state index in [4.69, 9.17) is 0 Å². The molecule has 0 fully saturated rings. The fourth-order valence-electron chi connectivity index (χ4n) is 1.72. The van der Waals surface area contributed by atoms with Gasteiger partial charge in [0.25, 0.3) is 0 Å². The summed E-state index contributed by atoms with van der Waals surface area (Å²) in [6, 6.07) is 3.93. The first kappa shape index (κ1) is 12.3. The van der Waals surface area contributed by atoms with Crippen LogP contribution < -0.4 is 0 Å². The highest BCUT2D eigenvalue weighted by molar-refractivity contribution is 7.99. The monoisotopic (exact) mass is 273 g/mol. The Kier molecular flexibility index (Phi) is 2.89. The molecular formula is C13H15N5S. The molecule has 0 radical (unpaired) electrons. The smallest absolute Gasteiger partial charge is 0.211 e. The van der Waals surface area contributed by atoms with Crippen LogP contribution in [0.2, 0.25) is 0 Å². The lowest BCUT2D eigenvalue weighted by molar-refractivity contribution is 0.536. The minimum absolute atomic E-state index is 0.0583. The Balaban J connectivity index is 1.99. The molecule has 0 unspecified atom stereocenters. The SMILES string of the molecule is CC(C)(C)c1nc2n(n1)N=C(c1ccncc1)CS2. The lowest BCUT2D eigenvalue weighted by atomic mass is 9.96.